The van der Waals surface area contributed by atoms with Gasteiger partial charge in [0.15, 0.2) is 8.24 Å². The monoisotopic (exact) mass is 333 g/mol. The molecule has 0 aliphatic heterocycles. The molecule has 0 aliphatic carbocycles. The zero-order valence-electron chi connectivity index (χ0n) is 13.8. The molecule has 0 saturated heterocycles. The van der Waals surface area contributed by atoms with Crippen molar-refractivity contribution in [3.05, 3.63) is 66.2 Å². The summed E-state index contributed by atoms with van der Waals surface area (Å²) < 4.78 is 34.6. The molecule has 2 rings (SSSR count). The van der Waals surface area contributed by atoms with Crippen LogP contribution in [0.15, 0.2) is 60.7 Å². The highest BCUT2D eigenvalue weighted by Crippen LogP contribution is 2.35. The Bertz CT molecular complexity index is 674. The van der Waals surface area contributed by atoms with E-state index in [4.69, 9.17) is 4.74 Å². The highest BCUT2D eigenvalue weighted by molar-refractivity contribution is 6.81. The van der Waals surface area contributed by atoms with Crippen LogP contribution >= 0.6 is 0 Å². The predicted molar refractivity (Wildman–Crippen MR) is 94.4 cm³/mol. The fourth-order valence-electron chi connectivity index (χ4n) is 2.50. The predicted octanol–water partition coefficient (Wildman–Crippen LogP) is 5.60. The van der Waals surface area contributed by atoms with Gasteiger partial charge >= 0.3 is 0 Å². The number of rotatable bonds is 5. The van der Waals surface area contributed by atoms with Gasteiger partial charge in [-0.1, -0.05) is 50.0 Å². The average Bonchev–Trinajstić information content (AvgIpc) is 2.52. The second-order valence-corrected chi connectivity index (χ2v) is 11.0. The fraction of sp³-hybridized carbons (Fsp3) is 0.222. The van der Waals surface area contributed by atoms with Crippen LogP contribution in [-0.2, 0) is 0 Å². The smallest absolute Gasteiger partial charge is 0.293 e. The maximum atomic E-state index is 13.8. The summed E-state index contributed by atoms with van der Waals surface area (Å²) in [5.41, 5.74) is 1.25. The number of ether oxygens (including phenoxy) is 1. The Hall–Kier alpha value is -2.14. The molecule has 0 N–H and O–H groups in total. The SMILES string of the molecule is COc1ccc(N(C(=C(F)F)c2ccccc2)[Si](C)(C)C)cc1. The van der Waals surface area contributed by atoms with Gasteiger partial charge in [0, 0.05) is 11.3 Å². The topological polar surface area (TPSA) is 12.5 Å². The molecular formula is C18H21F2NOSi. The van der Waals surface area contributed by atoms with E-state index in [1.54, 1.807) is 48.1 Å². The van der Waals surface area contributed by atoms with E-state index in [1.165, 1.54) is 0 Å². The van der Waals surface area contributed by atoms with Crippen LogP contribution in [0.1, 0.15) is 5.56 Å². The van der Waals surface area contributed by atoms with E-state index < -0.39 is 14.3 Å². The number of hydrogen-bond acceptors (Lipinski definition) is 2. The maximum Gasteiger partial charge on any atom is 0.293 e. The third kappa shape index (κ3) is 3.99. The molecule has 23 heavy (non-hydrogen) atoms. The number of methoxy groups -OCH3 is 1. The normalized spacial score (nSPS) is 11.0. The van der Waals surface area contributed by atoms with Gasteiger partial charge in [-0.3, -0.25) is 0 Å². The van der Waals surface area contributed by atoms with Crippen molar-refractivity contribution >= 4 is 19.6 Å². The van der Waals surface area contributed by atoms with Crippen molar-refractivity contribution in [2.24, 2.45) is 0 Å². The van der Waals surface area contributed by atoms with Gasteiger partial charge in [-0.25, -0.2) is 0 Å². The maximum absolute atomic E-state index is 13.8. The molecule has 2 aromatic carbocycles. The Morgan fingerprint density at radius 3 is 1.91 bits per heavy atom. The van der Waals surface area contributed by atoms with Crippen LogP contribution in [-0.4, -0.2) is 15.3 Å². The molecule has 122 valence electrons. The molecule has 2 nitrogen and oxygen atoms in total. The minimum Gasteiger partial charge on any atom is -0.497 e. The number of hydrogen-bond donors (Lipinski definition) is 0. The second-order valence-electron chi connectivity index (χ2n) is 6.18. The minimum absolute atomic E-state index is 0.0186. The first-order valence-electron chi connectivity index (χ1n) is 7.39. The molecule has 2 aromatic rings. The molecule has 0 amide bonds. The first-order chi connectivity index (χ1) is 10.8. The standard InChI is InChI=1S/C18H21F2NOSi/c1-22-16-12-10-15(11-13-16)21(23(2,3)4)17(18(19)20)14-8-6-5-7-9-14/h5-13H,1-4H3. The molecule has 0 aromatic heterocycles. The van der Waals surface area contributed by atoms with Crippen molar-refractivity contribution < 1.29 is 13.5 Å². The fourth-order valence-corrected chi connectivity index (χ4v) is 4.31. The minimum atomic E-state index is -2.11. The van der Waals surface area contributed by atoms with Crippen LogP contribution in [0.3, 0.4) is 0 Å². The Balaban J connectivity index is 2.59. The summed E-state index contributed by atoms with van der Waals surface area (Å²) in [5.74, 6) is 0.704. The summed E-state index contributed by atoms with van der Waals surface area (Å²) in [5, 5.41) is 0. The molecule has 5 heteroatoms. The van der Waals surface area contributed by atoms with E-state index >= 15 is 0 Å². The Morgan fingerprint density at radius 2 is 1.48 bits per heavy atom. The lowest BCUT2D eigenvalue weighted by Crippen LogP contribution is -2.45. The van der Waals surface area contributed by atoms with Crippen LogP contribution in [0.25, 0.3) is 5.70 Å². The summed E-state index contributed by atoms with van der Waals surface area (Å²) in [7, 11) is -0.524. The number of anilines is 1. The Labute approximate surface area is 137 Å². The van der Waals surface area contributed by atoms with Gasteiger partial charge in [-0.05, 0) is 24.3 Å². The molecule has 0 fully saturated rings. The average molecular weight is 333 g/mol. The van der Waals surface area contributed by atoms with Crippen molar-refractivity contribution in [1.29, 1.82) is 0 Å². The van der Waals surface area contributed by atoms with Gasteiger partial charge < -0.3 is 9.30 Å². The van der Waals surface area contributed by atoms with E-state index in [1.807, 2.05) is 37.8 Å². The molecule has 0 atom stereocenters. The second kappa shape index (κ2) is 6.96. The van der Waals surface area contributed by atoms with E-state index in [0.29, 0.717) is 11.3 Å². The van der Waals surface area contributed by atoms with Crippen molar-refractivity contribution in [2.75, 3.05) is 11.7 Å². The molecule has 0 heterocycles. The summed E-state index contributed by atoms with van der Waals surface area (Å²) in [6, 6.07) is 16.0. The Morgan fingerprint density at radius 1 is 0.913 bits per heavy atom. The van der Waals surface area contributed by atoms with E-state index in [9.17, 15) is 8.78 Å². The van der Waals surface area contributed by atoms with Crippen LogP contribution in [0.2, 0.25) is 19.6 Å². The summed E-state index contributed by atoms with van der Waals surface area (Å²) in [4.78, 5) is 0. The van der Waals surface area contributed by atoms with Gasteiger partial charge in [-0.2, -0.15) is 8.78 Å². The van der Waals surface area contributed by atoms with Crippen LogP contribution in [0, 0.1) is 0 Å². The summed E-state index contributed by atoms with van der Waals surface area (Å²) in [6.45, 7) is 6.13. The number of halogens is 2. The first-order valence-corrected chi connectivity index (χ1v) is 10.8. The van der Waals surface area contributed by atoms with Crippen LogP contribution in [0.5, 0.6) is 5.75 Å². The number of nitrogens with zero attached hydrogens (tertiary/aromatic N) is 1. The molecule has 0 bridgehead atoms. The molecule has 0 aliphatic rings. The molecule has 0 spiro atoms. The lowest BCUT2D eigenvalue weighted by Gasteiger charge is -2.37. The number of benzene rings is 2. The molecular weight excluding hydrogens is 312 g/mol. The Kier molecular flexibility index (Phi) is 5.21. The first kappa shape index (κ1) is 17.2. The van der Waals surface area contributed by atoms with Gasteiger partial charge in [0.05, 0.1) is 7.11 Å². The zero-order valence-corrected chi connectivity index (χ0v) is 14.8. The van der Waals surface area contributed by atoms with E-state index in [0.717, 1.165) is 5.69 Å². The van der Waals surface area contributed by atoms with Crippen LogP contribution in [0.4, 0.5) is 14.5 Å². The molecule has 0 saturated carbocycles. The third-order valence-electron chi connectivity index (χ3n) is 3.45. The van der Waals surface area contributed by atoms with Crippen molar-refractivity contribution in [2.45, 2.75) is 19.6 Å². The van der Waals surface area contributed by atoms with Crippen molar-refractivity contribution in [3.8, 4) is 5.75 Å². The van der Waals surface area contributed by atoms with Crippen molar-refractivity contribution in [3.63, 3.8) is 0 Å². The quantitative estimate of drug-likeness (QED) is 0.660. The van der Waals surface area contributed by atoms with Gasteiger partial charge in [0.2, 0.25) is 0 Å². The lowest BCUT2D eigenvalue weighted by molar-refractivity contribution is 0.415. The van der Waals surface area contributed by atoms with Gasteiger partial charge in [-0.15, -0.1) is 0 Å². The highest BCUT2D eigenvalue weighted by Gasteiger charge is 2.31. The lowest BCUT2D eigenvalue weighted by atomic mass is 10.1. The highest BCUT2D eigenvalue weighted by atomic mass is 28.3. The van der Waals surface area contributed by atoms with E-state index in [2.05, 4.69) is 0 Å². The van der Waals surface area contributed by atoms with Gasteiger partial charge in [0.25, 0.3) is 6.08 Å². The van der Waals surface area contributed by atoms with Crippen LogP contribution < -0.4 is 9.30 Å². The summed E-state index contributed by atoms with van der Waals surface area (Å²) in [6.07, 6.45) is -1.67. The van der Waals surface area contributed by atoms with Gasteiger partial charge in [0.1, 0.15) is 11.4 Å². The molecule has 0 radical (unpaired) electrons. The summed E-state index contributed by atoms with van der Waals surface area (Å²) >= 11 is 0. The zero-order chi connectivity index (χ0) is 17.0. The van der Waals surface area contributed by atoms with Crippen molar-refractivity contribution in [1.82, 2.24) is 0 Å². The van der Waals surface area contributed by atoms with E-state index in [-0.39, 0.29) is 5.70 Å². The third-order valence-corrected chi connectivity index (χ3v) is 5.27. The molecule has 0 unspecified atom stereocenters. The largest absolute Gasteiger partial charge is 0.497 e.